The fraction of sp³-hybridized carbons (Fsp3) is 0.526. The number of hydrogen-bond acceptors (Lipinski definition) is 7. The first-order valence-electron chi connectivity index (χ1n) is 8.34. The third-order valence-corrected chi connectivity index (χ3v) is 2.51. The Bertz CT molecular complexity index is 331. The van der Waals surface area contributed by atoms with E-state index in [9.17, 15) is 0 Å². The van der Waals surface area contributed by atoms with Gasteiger partial charge < -0.3 is 34.8 Å². The van der Waals surface area contributed by atoms with Gasteiger partial charge in [0.05, 0.1) is 17.9 Å². The van der Waals surface area contributed by atoms with Crippen molar-refractivity contribution in [3.8, 4) is 0 Å². The molecule has 0 rings (SSSR count). The number of aliphatic hydroxyl groups is 1. The van der Waals surface area contributed by atoms with E-state index < -0.39 is 17.9 Å². The van der Waals surface area contributed by atoms with Gasteiger partial charge >= 0.3 is 26.2 Å². The Labute approximate surface area is 181 Å². The number of rotatable bonds is 11. The summed E-state index contributed by atoms with van der Waals surface area (Å²) in [6, 6.07) is 0. The average molecular weight is 463 g/mol. The van der Waals surface area contributed by atoms with E-state index in [0.29, 0.717) is 6.61 Å². The van der Waals surface area contributed by atoms with Gasteiger partial charge in [0.1, 0.15) is 0 Å². The van der Waals surface area contributed by atoms with E-state index in [1.54, 1.807) is 0 Å². The molecular weight excluding hydrogens is 431 g/mol. The third kappa shape index (κ3) is 79.4. The quantitative estimate of drug-likeness (QED) is 0.333. The summed E-state index contributed by atoms with van der Waals surface area (Å²) in [5.74, 6) is -3.69. The zero-order valence-corrected chi connectivity index (χ0v) is 18.6. The number of carbonyl (C=O) groups excluding carboxylic acids is 3. The summed E-state index contributed by atoms with van der Waals surface area (Å²) in [7, 11) is 0. The summed E-state index contributed by atoms with van der Waals surface area (Å²) < 4.78 is 0. The Kier molecular flexibility index (Phi) is 47.9. The fourth-order valence-corrected chi connectivity index (χ4v) is 1.25. The van der Waals surface area contributed by atoms with Gasteiger partial charge in [-0.3, -0.25) is 0 Å². The van der Waals surface area contributed by atoms with Gasteiger partial charge in [0, 0.05) is 6.61 Å². The molecule has 8 heteroatoms. The van der Waals surface area contributed by atoms with E-state index in [0.717, 1.165) is 24.6 Å². The summed E-state index contributed by atoms with van der Waals surface area (Å²) in [6.45, 7) is 11.3. The van der Waals surface area contributed by atoms with Gasteiger partial charge in [0.2, 0.25) is 0 Å². The minimum Gasteiger partial charge on any atom is -0.545 e. The van der Waals surface area contributed by atoms with E-state index in [-0.39, 0.29) is 26.2 Å². The molecule has 0 unspecified atom stereocenters. The van der Waals surface area contributed by atoms with Crippen molar-refractivity contribution in [3.05, 3.63) is 38.0 Å². The van der Waals surface area contributed by atoms with E-state index >= 15 is 0 Å². The SMILES string of the molecule is C=CC(=O)[O-].C=CC(=O)[O-].C=CC(=O)[O-].CCCCCCCCCCO.[Zr+3]. The Morgan fingerprint density at radius 1 is 0.704 bits per heavy atom. The number of aliphatic carboxylic acids is 3. The number of aliphatic hydroxyl groups excluding tert-OH is 1. The molecule has 0 spiro atoms. The first kappa shape index (κ1) is 36.4. The number of unbranched alkanes of at least 4 members (excludes halogenated alkanes) is 7. The Morgan fingerprint density at radius 3 is 1.11 bits per heavy atom. The monoisotopic (exact) mass is 461 g/mol. The number of carboxylic acids is 3. The van der Waals surface area contributed by atoms with Crippen molar-refractivity contribution in [3.63, 3.8) is 0 Å². The van der Waals surface area contributed by atoms with Gasteiger partial charge in [-0.25, -0.2) is 0 Å². The van der Waals surface area contributed by atoms with Crippen LogP contribution in [0.1, 0.15) is 58.3 Å². The summed E-state index contributed by atoms with van der Waals surface area (Å²) in [5.41, 5.74) is 0. The molecule has 0 heterocycles. The van der Waals surface area contributed by atoms with Crippen molar-refractivity contribution in [2.45, 2.75) is 58.3 Å². The van der Waals surface area contributed by atoms with Crippen molar-refractivity contribution in [2.24, 2.45) is 0 Å². The maximum atomic E-state index is 9.14. The van der Waals surface area contributed by atoms with E-state index in [4.69, 9.17) is 34.8 Å². The van der Waals surface area contributed by atoms with Crippen molar-refractivity contribution in [2.75, 3.05) is 6.61 Å². The molecule has 0 aromatic heterocycles. The topological polar surface area (TPSA) is 141 Å². The van der Waals surface area contributed by atoms with E-state index in [2.05, 4.69) is 26.7 Å². The van der Waals surface area contributed by atoms with Crippen molar-refractivity contribution in [1.82, 2.24) is 0 Å². The first-order chi connectivity index (χ1) is 12.2. The van der Waals surface area contributed by atoms with Crippen LogP contribution in [0.4, 0.5) is 0 Å². The minimum absolute atomic E-state index is 0. The predicted octanol–water partition coefficient (Wildman–Crippen LogP) is -0.116. The molecule has 0 amide bonds. The first-order valence-corrected chi connectivity index (χ1v) is 8.34. The molecule has 1 radical (unpaired) electrons. The summed E-state index contributed by atoms with van der Waals surface area (Å²) in [4.78, 5) is 27.4. The molecule has 153 valence electrons. The summed E-state index contributed by atoms with van der Waals surface area (Å²) >= 11 is 0. The molecule has 1 N–H and O–H groups in total. The van der Waals surface area contributed by atoms with Gasteiger partial charge in [-0.1, -0.05) is 71.6 Å². The largest absolute Gasteiger partial charge is 3.00 e. The molecule has 0 atom stereocenters. The van der Waals surface area contributed by atoms with Crippen molar-refractivity contribution < 1.29 is 61.0 Å². The van der Waals surface area contributed by atoms with Crippen LogP contribution in [0.3, 0.4) is 0 Å². The van der Waals surface area contributed by atoms with Crippen molar-refractivity contribution in [1.29, 1.82) is 0 Å². The average Bonchev–Trinajstić information content (AvgIpc) is 2.62. The number of hydrogen-bond donors (Lipinski definition) is 1. The maximum absolute atomic E-state index is 9.14. The minimum atomic E-state index is -1.23. The van der Waals surface area contributed by atoms with Gasteiger partial charge in [-0.15, -0.1) is 0 Å². The predicted molar refractivity (Wildman–Crippen MR) is 95.3 cm³/mol. The van der Waals surface area contributed by atoms with Crippen LogP contribution in [0.5, 0.6) is 0 Å². The van der Waals surface area contributed by atoms with Crippen LogP contribution in [0.25, 0.3) is 0 Å². The van der Waals surface area contributed by atoms with Crippen LogP contribution in [0.15, 0.2) is 38.0 Å². The molecule has 0 aliphatic rings. The molecule has 0 fully saturated rings. The Balaban J connectivity index is -0.0000000858. The van der Waals surface area contributed by atoms with Crippen molar-refractivity contribution >= 4 is 17.9 Å². The zero-order chi connectivity index (χ0) is 21.2. The molecule has 0 saturated heterocycles. The molecule has 0 saturated carbocycles. The van der Waals surface area contributed by atoms with E-state index in [1.807, 2.05) is 0 Å². The Morgan fingerprint density at radius 2 is 0.926 bits per heavy atom. The van der Waals surface area contributed by atoms with Crippen LogP contribution in [0, 0.1) is 0 Å². The standard InChI is InChI=1S/C10H22O.3C3H4O2.Zr/c1-2-3-4-5-6-7-8-9-10-11;3*1-2-3(4)5;/h11H,2-10H2,1H3;3*2H,1H2,(H,4,5);/q;;;;+3/p-3. The molecular formula is C19H31O7Zr. The molecule has 27 heavy (non-hydrogen) atoms. The van der Waals surface area contributed by atoms with Gasteiger partial charge in [-0.05, 0) is 24.6 Å². The third-order valence-electron chi connectivity index (χ3n) is 2.51. The van der Waals surface area contributed by atoms with Crippen LogP contribution in [-0.4, -0.2) is 29.6 Å². The normalized spacial score (nSPS) is 7.78. The fourth-order valence-electron chi connectivity index (χ4n) is 1.25. The second-order valence-corrected chi connectivity index (χ2v) is 4.77. The Hall–Kier alpha value is -1.53. The number of carbonyl (C=O) groups is 3. The maximum Gasteiger partial charge on any atom is 3.00 e. The van der Waals surface area contributed by atoms with Crippen LogP contribution >= 0.6 is 0 Å². The second-order valence-electron chi connectivity index (χ2n) is 4.77. The number of carboxylic acid groups (broad SMARTS) is 3. The summed E-state index contributed by atoms with van der Waals surface area (Å²) in [5, 5.41) is 35.9. The molecule has 0 bridgehead atoms. The van der Waals surface area contributed by atoms with Crippen LogP contribution in [0.2, 0.25) is 0 Å². The summed E-state index contributed by atoms with van der Waals surface area (Å²) in [6.07, 6.45) is 12.5. The van der Waals surface area contributed by atoms with E-state index in [1.165, 1.54) is 44.9 Å². The van der Waals surface area contributed by atoms with Crippen LogP contribution < -0.4 is 15.3 Å². The van der Waals surface area contributed by atoms with Gasteiger partial charge in [0.15, 0.2) is 0 Å². The van der Waals surface area contributed by atoms with Gasteiger partial charge in [0.25, 0.3) is 0 Å². The van der Waals surface area contributed by atoms with Crippen LogP contribution in [-0.2, 0) is 40.6 Å². The zero-order valence-electron chi connectivity index (χ0n) is 16.1. The van der Waals surface area contributed by atoms with Gasteiger partial charge in [-0.2, -0.15) is 0 Å². The second kappa shape index (κ2) is 35.6. The molecule has 0 aromatic carbocycles. The molecule has 7 nitrogen and oxygen atoms in total. The molecule has 0 aromatic rings. The molecule has 0 aliphatic heterocycles. The smallest absolute Gasteiger partial charge is 0.545 e. The molecule has 0 aliphatic carbocycles.